The van der Waals surface area contributed by atoms with E-state index in [0.29, 0.717) is 17.9 Å². The van der Waals surface area contributed by atoms with Crippen LogP contribution in [0.1, 0.15) is 11.1 Å². The number of sulfonamides is 1. The zero-order valence-corrected chi connectivity index (χ0v) is 22.7. The molecule has 0 aliphatic heterocycles. The summed E-state index contributed by atoms with van der Waals surface area (Å²) in [5.74, 6) is -0.509. The van der Waals surface area contributed by atoms with Crippen molar-refractivity contribution < 1.29 is 22.3 Å². The highest BCUT2D eigenvalue weighted by Crippen LogP contribution is 2.24. The third-order valence-corrected chi connectivity index (χ3v) is 8.08. The van der Waals surface area contributed by atoms with Crippen LogP contribution in [0.15, 0.2) is 131 Å². The van der Waals surface area contributed by atoms with Crippen molar-refractivity contribution in [1.82, 2.24) is 5.43 Å². The van der Waals surface area contributed by atoms with Gasteiger partial charge in [0, 0.05) is 0 Å². The lowest BCUT2D eigenvalue weighted by Gasteiger charge is -2.23. The van der Waals surface area contributed by atoms with E-state index in [9.17, 15) is 17.6 Å². The van der Waals surface area contributed by atoms with Crippen LogP contribution in [-0.4, -0.2) is 27.1 Å². The van der Waals surface area contributed by atoms with Crippen LogP contribution < -0.4 is 14.5 Å². The number of ether oxygens (including phenoxy) is 1. The SMILES string of the molecule is O=C(CN(c1ccc(F)cc1)S(=O)(=O)c1ccccc1)N/N=C\c1ccc(OCc2cccc3ccccc23)cc1. The molecule has 0 bridgehead atoms. The molecule has 0 aliphatic rings. The molecule has 0 unspecified atom stereocenters. The van der Waals surface area contributed by atoms with E-state index < -0.39 is 28.3 Å². The molecule has 206 valence electrons. The molecule has 0 spiro atoms. The Labute approximate surface area is 237 Å². The molecule has 41 heavy (non-hydrogen) atoms. The molecule has 0 saturated heterocycles. The normalized spacial score (nSPS) is 11.4. The monoisotopic (exact) mass is 567 g/mol. The van der Waals surface area contributed by atoms with Crippen LogP contribution in [-0.2, 0) is 21.4 Å². The summed E-state index contributed by atoms with van der Waals surface area (Å²) >= 11 is 0. The number of rotatable bonds is 10. The minimum Gasteiger partial charge on any atom is -0.489 e. The Kier molecular flexibility index (Phi) is 8.36. The molecule has 1 N–H and O–H groups in total. The average Bonchev–Trinajstić information content (AvgIpc) is 3.00. The van der Waals surface area contributed by atoms with Crippen LogP contribution in [0.2, 0.25) is 0 Å². The summed E-state index contributed by atoms with van der Waals surface area (Å²) in [5, 5.41) is 6.26. The number of carbonyl (C=O) groups is 1. The number of anilines is 1. The predicted octanol–water partition coefficient (Wildman–Crippen LogP) is 5.90. The van der Waals surface area contributed by atoms with Crippen LogP contribution in [0.3, 0.4) is 0 Å². The van der Waals surface area contributed by atoms with Crippen molar-refractivity contribution in [3.8, 4) is 5.75 Å². The Morgan fingerprint density at radius 3 is 2.27 bits per heavy atom. The number of nitrogens with one attached hydrogen (secondary N) is 1. The van der Waals surface area contributed by atoms with Crippen molar-refractivity contribution in [1.29, 1.82) is 0 Å². The summed E-state index contributed by atoms with van der Waals surface area (Å²) in [6.07, 6.45) is 1.44. The highest BCUT2D eigenvalue weighted by molar-refractivity contribution is 7.92. The van der Waals surface area contributed by atoms with Gasteiger partial charge in [-0.1, -0.05) is 60.7 Å². The van der Waals surface area contributed by atoms with Gasteiger partial charge in [-0.15, -0.1) is 0 Å². The largest absolute Gasteiger partial charge is 0.489 e. The number of hydrogen-bond acceptors (Lipinski definition) is 5. The first-order valence-electron chi connectivity index (χ1n) is 12.7. The maximum absolute atomic E-state index is 13.5. The Morgan fingerprint density at radius 2 is 1.51 bits per heavy atom. The average molecular weight is 568 g/mol. The second kappa shape index (κ2) is 12.4. The molecule has 0 aliphatic carbocycles. The minimum atomic E-state index is -4.10. The maximum Gasteiger partial charge on any atom is 0.264 e. The second-order valence-corrected chi connectivity index (χ2v) is 11.0. The third kappa shape index (κ3) is 6.77. The van der Waals surface area contributed by atoms with Crippen molar-refractivity contribution >= 4 is 38.6 Å². The van der Waals surface area contributed by atoms with E-state index in [1.165, 1.54) is 30.5 Å². The van der Waals surface area contributed by atoms with Crippen LogP contribution >= 0.6 is 0 Å². The van der Waals surface area contributed by atoms with E-state index >= 15 is 0 Å². The van der Waals surface area contributed by atoms with Crippen LogP contribution in [0, 0.1) is 5.82 Å². The maximum atomic E-state index is 13.5. The fourth-order valence-electron chi connectivity index (χ4n) is 4.22. The lowest BCUT2D eigenvalue weighted by molar-refractivity contribution is -0.119. The number of nitrogens with zero attached hydrogens (tertiary/aromatic N) is 2. The molecule has 5 aromatic rings. The van der Waals surface area contributed by atoms with E-state index in [0.717, 1.165) is 32.8 Å². The first-order valence-corrected chi connectivity index (χ1v) is 14.2. The topological polar surface area (TPSA) is 88.1 Å². The molecule has 5 rings (SSSR count). The van der Waals surface area contributed by atoms with Crippen molar-refractivity contribution in [2.75, 3.05) is 10.8 Å². The van der Waals surface area contributed by atoms with Crippen LogP contribution in [0.4, 0.5) is 10.1 Å². The number of fused-ring (bicyclic) bond motifs is 1. The molecule has 7 nitrogen and oxygen atoms in total. The Morgan fingerprint density at radius 1 is 0.829 bits per heavy atom. The fraction of sp³-hybridized carbons (Fsp3) is 0.0625. The van der Waals surface area contributed by atoms with Gasteiger partial charge < -0.3 is 4.74 Å². The third-order valence-electron chi connectivity index (χ3n) is 6.29. The lowest BCUT2D eigenvalue weighted by atomic mass is 10.1. The molecule has 1 amide bonds. The smallest absolute Gasteiger partial charge is 0.264 e. The predicted molar refractivity (Wildman–Crippen MR) is 158 cm³/mol. The first kappa shape index (κ1) is 27.5. The second-order valence-electron chi connectivity index (χ2n) is 9.09. The standard InChI is InChI=1S/C32H26FN3O4S/c33-27-15-17-28(18-16-27)36(41(38,39)30-10-2-1-3-11-30)22-32(37)35-34-21-24-13-19-29(20-14-24)40-23-26-9-6-8-25-7-4-5-12-31(25)26/h1-21H,22-23H2,(H,35,37)/b34-21-. The molecular formula is C32H26FN3O4S. The molecule has 0 aromatic heterocycles. The van der Waals surface area contributed by atoms with E-state index in [4.69, 9.17) is 4.74 Å². The number of halogens is 1. The molecule has 5 aromatic carbocycles. The molecular weight excluding hydrogens is 541 g/mol. The number of hydrogen-bond donors (Lipinski definition) is 1. The molecule has 0 heterocycles. The van der Waals surface area contributed by atoms with Gasteiger partial charge in [0.1, 0.15) is 24.7 Å². The van der Waals surface area contributed by atoms with Crippen molar-refractivity contribution in [3.63, 3.8) is 0 Å². The lowest BCUT2D eigenvalue weighted by Crippen LogP contribution is -2.39. The Balaban J connectivity index is 1.21. The Bertz CT molecular complexity index is 1770. The van der Waals surface area contributed by atoms with E-state index in [-0.39, 0.29) is 10.6 Å². The summed E-state index contributed by atoms with van der Waals surface area (Å²) in [4.78, 5) is 12.7. The van der Waals surface area contributed by atoms with Gasteiger partial charge in [0.15, 0.2) is 0 Å². The van der Waals surface area contributed by atoms with Gasteiger partial charge in [0.2, 0.25) is 0 Å². The summed E-state index contributed by atoms with van der Waals surface area (Å²) in [6, 6.07) is 34.0. The van der Waals surface area contributed by atoms with Crippen LogP contribution in [0.25, 0.3) is 10.8 Å². The van der Waals surface area contributed by atoms with Gasteiger partial charge in [-0.05, 0) is 82.6 Å². The number of amides is 1. The number of benzene rings is 5. The molecule has 0 fully saturated rings. The summed E-state index contributed by atoms with van der Waals surface area (Å²) < 4.78 is 46.9. The Hall–Kier alpha value is -5.02. The van der Waals surface area contributed by atoms with E-state index in [2.05, 4.69) is 28.7 Å². The number of hydrazone groups is 1. The summed E-state index contributed by atoms with van der Waals surface area (Å²) in [7, 11) is -4.10. The van der Waals surface area contributed by atoms with Crippen molar-refractivity contribution in [2.45, 2.75) is 11.5 Å². The van der Waals surface area contributed by atoms with Gasteiger partial charge in [-0.2, -0.15) is 5.10 Å². The van der Waals surface area contributed by atoms with Gasteiger partial charge in [0.05, 0.1) is 16.8 Å². The van der Waals surface area contributed by atoms with Crippen molar-refractivity contribution in [3.05, 3.63) is 138 Å². The molecule has 0 saturated carbocycles. The van der Waals surface area contributed by atoms with Gasteiger partial charge >= 0.3 is 0 Å². The van der Waals surface area contributed by atoms with Gasteiger partial charge in [-0.25, -0.2) is 18.2 Å². The van der Waals surface area contributed by atoms with Gasteiger partial charge in [-0.3, -0.25) is 9.10 Å². The fourth-order valence-corrected chi connectivity index (χ4v) is 5.66. The number of carbonyl (C=O) groups excluding carboxylic acids is 1. The molecule has 9 heteroatoms. The highest BCUT2D eigenvalue weighted by Gasteiger charge is 2.27. The summed E-state index contributed by atoms with van der Waals surface area (Å²) in [6.45, 7) is -0.136. The minimum absolute atomic E-state index is 0.00314. The zero-order chi connectivity index (χ0) is 28.7. The highest BCUT2D eigenvalue weighted by atomic mass is 32.2. The van der Waals surface area contributed by atoms with E-state index in [1.807, 2.05) is 24.3 Å². The first-order chi connectivity index (χ1) is 19.9. The summed E-state index contributed by atoms with van der Waals surface area (Å²) in [5.41, 5.74) is 4.30. The molecule has 0 radical (unpaired) electrons. The zero-order valence-electron chi connectivity index (χ0n) is 21.9. The van der Waals surface area contributed by atoms with Gasteiger partial charge in [0.25, 0.3) is 15.9 Å². The van der Waals surface area contributed by atoms with E-state index in [1.54, 1.807) is 42.5 Å². The van der Waals surface area contributed by atoms with Crippen LogP contribution in [0.5, 0.6) is 5.75 Å². The van der Waals surface area contributed by atoms with Crippen molar-refractivity contribution in [2.24, 2.45) is 5.10 Å². The quantitative estimate of drug-likeness (QED) is 0.168. The molecule has 0 atom stereocenters.